The Labute approximate surface area is 245 Å². The lowest BCUT2D eigenvalue weighted by Crippen LogP contribution is -2.27. The average Bonchev–Trinajstić information content (AvgIpc) is 3.71. The van der Waals surface area contributed by atoms with Crippen molar-refractivity contribution in [1.29, 1.82) is 0 Å². The molecule has 0 radical (unpaired) electrons. The smallest absolute Gasteiger partial charge is 0.490 e. The Bertz CT molecular complexity index is 1800. The Balaban J connectivity index is 0.000000472. The van der Waals surface area contributed by atoms with Crippen LogP contribution < -0.4 is 15.6 Å². The van der Waals surface area contributed by atoms with E-state index in [0.29, 0.717) is 41.9 Å². The maximum Gasteiger partial charge on any atom is 0.490 e. The number of H-pyrrole nitrogens is 2. The lowest BCUT2D eigenvalue weighted by Gasteiger charge is -2.25. The highest BCUT2D eigenvalue weighted by atomic mass is 32.1. The molecule has 5 aromatic rings. The summed E-state index contributed by atoms with van der Waals surface area (Å²) in [6.07, 6.45) is -0.157. The number of carboxylic acid groups (broad SMARTS) is 1. The number of hydrogen-bond donors (Lipinski definition) is 4. The minimum atomic E-state index is -5.08. The number of hydrogen-bond acceptors (Lipinski definition) is 7. The molecule has 0 saturated carbocycles. The van der Waals surface area contributed by atoms with E-state index in [-0.39, 0.29) is 17.4 Å². The predicted octanol–water partition coefficient (Wildman–Crippen LogP) is 4.70. The summed E-state index contributed by atoms with van der Waals surface area (Å²) in [6.45, 7) is 0.987. The Kier molecular flexibility index (Phi) is 8.57. The topological polar surface area (TPSA) is 150 Å². The van der Waals surface area contributed by atoms with Gasteiger partial charge in [0.15, 0.2) is 0 Å². The Morgan fingerprint density at radius 3 is 2.65 bits per heavy atom. The molecule has 4 N–H and O–H groups in total. The molecule has 1 amide bonds. The third-order valence-electron chi connectivity index (χ3n) is 6.65. The van der Waals surface area contributed by atoms with E-state index in [4.69, 9.17) is 19.6 Å². The van der Waals surface area contributed by atoms with Crippen molar-refractivity contribution in [2.24, 2.45) is 0 Å². The SMILES string of the molecule is O=C(NCCc1cccs1)c1ccc2c(c1)CC(c1nc3ccc(-c4cn[nH]c4)cc3c(=O)[nH]1)CO2.O=C(O)C(F)(F)F. The van der Waals surface area contributed by atoms with Gasteiger partial charge >= 0.3 is 12.1 Å². The molecule has 0 fully saturated rings. The van der Waals surface area contributed by atoms with Gasteiger partial charge in [-0.25, -0.2) is 9.78 Å². The lowest BCUT2D eigenvalue weighted by atomic mass is 9.94. The molecular weight excluding hydrogens is 587 g/mol. The number of carbonyl (C=O) groups excluding carboxylic acids is 1. The first-order valence-electron chi connectivity index (χ1n) is 13.0. The van der Waals surface area contributed by atoms with E-state index in [0.717, 1.165) is 28.9 Å². The molecule has 6 rings (SSSR count). The Morgan fingerprint density at radius 2 is 1.95 bits per heavy atom. The van der Waals surface area contributed by atoms with Gasteiger partial charge in [0.2, 0.25) is 0 Å². The van der Waals surface area contributed by atoms with Crippen LogP contribution in [0.25, 0.3) is 22.0 Å². The van der Waals surface area contributed by atoms with Crippen LogP contribution in [0.1, 0.15) is 32.5 Å². The quantitative estimate of drug-likeness (QED) is 0.217. The molecule has 0 saturated heterocycles. The zero-order chi connectivity index (χ0) is 30.6. The monoisotopic (exact) mass is 611 g/mol. The van der Waals surface area contributed by atoms with Gasteiger partial charge < -0.3 is 20.1 Å². The number of rotatable bonds is 6. The molecule has 222 valence electrons. The number of aliphatic carboxylic acids is 1. The highest BCUT2D eigenvalue weighted by Crippen LogP contribution is 2.32. The third kappa shape index (κ3) is 7.09. The first kappa shape index (κ1) is 29.5. The minimum Gasteiger partial charge on any atom is -0.493 e. The maximum absolute atomic E-state index is 12.9. The minimum absolute atomic E-state index is 0.109. The summed E-state index contributed by atoms with van der Waals surface area (Å²) in [6, 6.07) is 15.2. The van der Waals surface area contributed by atoms with Crippen LogP contribution in [0.3, 0.4) is 0 Å². The van der Waals surface area contributed by atoms with E-state index in [1.54, 1.807) is 29.8 Å². The van der Waals surface area contributed by atoms with Crippen LogP contribution in [-0.4, -0.2) is 56.5 Å². The molecule has 0 bridgehead atoms. The number of halogens is 3. The van der Waals surface area contributed by atoms with Crippen molar-refractivity contribution in [2.45, 2.75) is 24.9 Å². The normalized spacial score (nSPS) is 14.3. The van der Waals surface area contributed by atoms with Crippen molar-refractivity contribution in [3.05, 3.63) is 98.5 Å². The van der Waals surface area contributed by atoms with Crippen LogP contribution >= 0.6 is 11.3 Å². The number of fused-ring (bicyclic) bond motifs is 2. The second-order valence-corrected chi connectivity index (χ2v) is 10.6. The van der Waals surface area contributed by atoms with E-state index in [1.165, 1.54) is 4.88 Å². The van der Waals surface area contributed by atoms with Crippen molar-refractivity contribution in [3.8, 4) is 16.9 Å². The molecule has 4 heterocycles. The zero-order valence-corrected chi connectivity index (χ0v) is 23.1. The molecule has 43 heavy (non-hydrogen) atoms. The number of amides is 1. The molecule has 1 aliphatic rings. The lowest BCUT2D eigenvalue weighted by molar-refractivity contribution is -0.192. The first-order valence-corrected chi connectivity index (χ1v) is 13.9. The number of nitrogens with one attached hydrogen (secondary N) is 3. The summed E-state index contributed by atoms with van der Waals surface area (Å²) >= 11 is 1.69. The summed E-state index contributed by atoms with van der Waals surface area (Å²) in [5.41, 5.74) is 3.76. The standard InChI is InChI=1S/C27H23N5O3S.C2HF3O2/c33-26(28-8-7-21-2-1-9-36-21)17-4-6-24-18(10-17)11-19(15-35-24)25-31-23-5-3-16(20-13-29-30-14-20)12-22(23)27(34)32-25;3-2(4,5)1(6)7/h1-6,9-10,12-14,19H,7-8,11,15H2,(H,28,33)(H,29,30)(H,31,32,34);(H,6,7). The highest BCUT2D eigenvalue weighted by molar-refractivity contribution is 7.09. The van der Waals surface area contributed by atoms with Crippen molar-refractivity contribution < 1.29 is 32.6 Å². The molecule has 3 aromatic heterocycles. The summed E-state index contributed by atoms with van der Waals surface area (Å²) in [5, 5.41) is 19.4. The molecule has 0 spiro atoms. The fraction of sp³-hybridized carbons (Fsp3) is 0.207. The van der Waals surface area contributed by atoms with Gasteiger partial charge in [-0.15, -0.1) is 11.3 Å². The molecule has 1 atom stereocenters. The number of aromatic nitrogens is 4. The number of alkyl halides is 3. The summed E-state index contributed by atoms with van der Waals surface area (Å²) in [4.78, 5) is 43.5. The predicted molar refractivity (Wildman–Crippen MR) is 152 cm³/mol. The van der Waals surface area contributed by atoms with Gasteiger partial charge in [-0.2, -0.15) is 18.3 Å². The molecule has 0 aliphatic carbocycles. The van der Waals surface area contributed by atoms with Crippen LogP contribution in [0.4, 0.5) is 13.2 Å². The highest BCUT2D eigenvalue weighted by Gasteiger charge is 2.38. The number of carbonyl (C=O) groups is 2. The van der Waals surface area contributed by atoms with Gasteiger partial charge in [-0.3, -0.25) is 14.7 Å². The maximum atomic E-state index is 12.9. The zero-order valence-electron chi connectivity index (χ0n) is 22.3. The van der Waals surface area contributed by atoms with Gasteiger partial charge in [0.05, 0.1) is 29.6 Å². The van der Waals surface area contributed by atoms with Crippen LogP contribution in [0, 0.1) is 0 Å². The number of carboxylic acids is 1. The van der Waals surface area contributed by atoms with Crippen molar-refractivity contribution in [2.75, 3.05) is 13.2 Å². The molecule has 1 unspecified atom stereocenters. The van der Waals surface area contributed by atoms with E-state index in [9.17, 15) is 22.8 Å². The fourth-order valence-corrected chi connectivity index (χ4v) is 5.21. The summed E-state index contributed by atoms with van der Waals surface area (Å²) in [5.74, 6) is -1.65. The molecule has 10 nitrogen and oxygen atoms in total. The van der Waals surface area contributed by atoms with Crippen molar-refractivity contribution >= 4 is 34.1 Å². The van der Waals surface area contributed by atoms with Crippen LogP contribution in [0.15, 0.2) is 71.1 Å². The summed E-state index contributed by atoms with van der Waals surface area (Å²) < 4.78 is 37.7. The summed E-state index contributed by atoms with van der Waals surface area (Å²) in [7, 11) is 0. The second kappa shape index (κ2) is 12.5. The number of ether oxygens (including phenoxy) is 1. The molecule has 2 aromatic carbocycles. The fourth-order valence-electron chi connectivity index (χ4n) is 4.51. The second-order valence-electron chi connectivity index (χ2n) is 9.59. The van der Waals surface area contributed by atoms with Gasteiger partial charge in [0.25, 0.3) is 11.5 Å². The van der Waals surface area contributed by atoms with Gasteiger partial charge in [-0.1, -0.05) is 12.1 Å². The third-order valence-corrected chi connectivity index (χ3v) is 7.59. The Morgan fingerprint density at radius 1 is 1.14 bits per heavy atom. The van der Waals surface area contributed by atoms with E-state index < -0.39 is 12.1 Å². The molecule has 14 heteroatoms. The van der Waals surface area contributed by atoms with Crippen LogP contribution in [0.2, 0.25) is 0 Å². The van der Waals surface area contributed by atoms with Crippen LogP contribution in [0.5, 0.6) is 5.75 Å². The van der Waals surface area contributed by atoms with E-state index >= 15 is 0 Å². The van der Waals surface area contributed by atoms with Crippen molar-refractivity contribution in [3.63, 3.8) is 0 Å². The number of nitrogens with zero attached hydrogens (tertiary/aromatic N) is 2. The van der Waals surface area contributed by atoms with Gasteiger partial charge in [0, 0.05) is 28.7 Å². The van der Waals surface area contributed by atoms with Gasteiger partial charge in [-0.05, 0) is 65.7 Å². The average molecular weight is 612 g/mol. The number of benzene rings is 2. The van der Waals surface area contributed by atoms with Crippen LogP contribution in [-0.2, 0) is 17.6 Å². The van der Waals surface area contributed by atoms with E-state index in [1.807, 2.05) is 41.8 Å². The van der Waals surface area contributed by atoms with Gasteiger partial charge in [0.1, 0.15) is 11.6 Å². The van der Waals surface area contributed by atoms with Crippen molar-refractivity contribution in [1.82, 2.24) is 25.5 Å². The molecule has 1 aliphatic heterocycles. The Hall–Kier alpha value is -4.98. The molecular formula is C29H24F3N5O5S. The largest absolute Gasteiger partial charge is 0.493 e. The van der Waals surface area contributed by atoms with E-state index in [2.05, 4.69) is 26.6 Å². The first-order chi connectivity index (χ1) is 20.6. The number of aromatic amines is 2. The number of thiophene rings is 1.